The third-order valence-electron chi connectivity index (χ3n) is 15.8. The lowest BCUT2D eigenvalue weighted by atomic mass is 9.44. The molecule has 12 heteroatoms. The van der Waals surface area contributed by atoms with Crippen LogP contribution in [0.1, 0.15) is 91.9 Å². The Morgan fingerprint density at radius 1 is 0.740 bits per heavy atom. The fourth-order valence-corrected chi connectivity index (χ4v) is 12.9. The second-order valence-corrected chi connectivity index (χ2v) is 18.3. The van der Waals surface area contributed by atoms with Crippen molar-refractivity contribution in [2.45, 2.75) is 165 Å². The molecule has 6 N–H and O–H groups in total. The van der Waals surface area contributed by atoms with Crippen LogP contribution in [0.25, 0.3) is 0 Å². The Labute approximate surface area is 296 Å². The molecule has 4 saturated heterocycles. The van der Waals surface area contributed by atoms with Gasteiger partial charge in [0.2, 0.25) is 0 Å². The van der Waals surface area contributed by atoms with Crippen LogP contribution in [0.3, 0.4) is 0 Å². The van der Waals surface area contributed by atoms with Gasteiger partial charge in [-0.15, -0.1) is 0 Å². The SMILES string of the molecule is C[C@H]1CC[C@@]2(OC1)O[C@H]1C[C@H]3[C@@H]4CC[C@@H]5C[C@@H](O[C@@H]6O[C@H](CO)[C@H](O)[C@H](O)[C@H]6O[C@@H]6OC[C@@H](O)[C@H](O)[C@H]6O)CC[C@]5(C)[C@H]4CC[C@]3(C)[C@H]1[C@@H]2C. The first-order chi connectivity index (χ1) is 23.8. The molecule has 0 amide bonds. The van der Waals surface area contributed by atoms with Crippen LogP contribution in [0.2, 0.25) is 0 Å². The van der Waals surface area contributed by atoms with Crippen LogP contribution in [0.5, 0.6) is 0 Å². The molecule has 0 radical (unpaired) electrons. The molecule has 12 nitrogen and oxygen atoms in total. The van der Waals surface area contributed by atoms with E-state index >= 15 is 0 Å². The minimum absolute atomic E-state index is 0.185. The van der Waals surface area contributed by atoms with Crippen LogP contribution < -0.4 is 0 Å². The number of aliphatic hydroxyl groups excluding tert-OH is 6. The van der Waals surface area contributed by atoms with E-state index in [0.717, 1.165) is 45.1 Å². The lowest BCUT2D eigenvalue weighted by Crippen LogP contribution is -2.63. The Kier molecular flexibility index (Phi) is 9.76. The van der Waals surface area contributed by atoms with Crippen molar-refractivity contribution >= 4 is 0 Å². The summed E-state index contributed by atoms with van der Waals surface area (Å²) < 4.78 is 37.4. The van der Waals surface area contributed by atoms with Gasteiger partial charge in [-0.3, -0.25) is 0 Å². The van der Waals surface area contributed by atoms with Crippen molar-refractivity contribution in [1.82, 2.24) is 0 Å². The Morgan fingerprint density at radius 2 is 1.52 bits per heavy atom. The summed E-state index contributed by atoms with van der Waals surface area (Å²) in [6.45, 7) is 9.79. The van der Waals surface area contributed by atoms with Crippen molar-refractivity contribution in [1.29, 1.82) is 0 Å². The zero-order chi connectivity index (χ0) is 35.3. The van der Waals surface area contributed by atoms with Gasteiger partial charge in [0.15, 0.2) is 18.4 Å². The number of aliphatic hydroxyl groups is 6. The molecular weight excluding hydrogens is 648 g/mol. The fraction of sp³-hybridized carbons (Fsp3) is 1.00. The van der Waals surface area contributed by atoms with E-state index in [1.54, 1.807) is 0 Å². The molecule has 286 valence electrons. The van der Waals surface area contributed by atoms with Gasteiger partial charge in [-0.05, 0) is 104 Å². The van der Waals surface area contributed by atoms with E-state index < -0.39 is 61.9 Å². The highest BCUT2D eigenvalue weighted by Crippen LogP contribution is 2.71. The molecule has 1 spiro atoms. The molecule has 0 aromatic carbocycles. The van der Waals surface area contributed by atoms with Crippen molar-refractivity contribution < 1.29 is 59.1 Å². The van der Waals surface area contributed by atoms with Crippen LogP contribution in [0.4, 0.5) is 0 Å². The normalized spacial score (nSPS) is 59.4. The maximum absolute atomic E-state index is 11.1. The first-order valence-corrected chi connectivity index (χ1v) is 19.7. The highest BCUT2D eigenvalue weighted by atomic mass is 16.8. The fourth-order valence-electron chi connectivity index (χ4n) is 12.9. The van der Waals surface area contributed by atoms with Crippen molar-refractivity contribution in [3.8, 4) is 0 Å². The first kappa shape index (κ1) is 36.5. The molecular formula is C38H62O12. The highest BCUT2D eigenvalue weighted by Gasteiger charge is 2.69. The van der Waals surface area contributed by atoms with Crippen molar-refractivity contribution in [3.05, 3.63) is 0 Å². The van der Waals surface area contributed by atoms with Gasteiger partial charge in [0, 0.05) is 12.3 Å². The smallest absolute Gasteiger partial charge is 0.187 e. The maximum atomic E-state index is 11.1. The molecule has 8 fully saturated rings. The number of hydrogen-bond donors (Lipinski definition) is 6. The molecule has 4 aliphatic heterocycles. The molecule has 0 aromatic heterocycles. The van der Waals surface area contributed by atoms with E-state index in [9.17, 15) is 30.6 Å². The maximum Gasteiger partial charge on any atom is 0.187 e. The summed E-state index contributed by atoms with van der Waals surface area (Å²) in [6, 6.07) is 0. The van der Waals surface area contributed by atoms with E-state index in [4.69, 9.17) is 28.4 Å². The average Bonchev–Trinajstić information content (AvgIpc) is 3.54. The van der Waals surface area contributed by atoms with Gasteiger partial charge in [0.05, 0.1) is 32.0 Å². The Bertz CT molecular complexity index is 1210. The molecule has 0 unspecified atom stereocenters. The van der Waals surface area contributed by atoms with Crippen LogP contribution in [-0.4, -0.2) is 124 Å². The third-order valence-corrected chi connectivity index (χ3v) is 15.8. The first-order valence-electron chi connectivity index (χ1n) is 19.7. The van der Waals surface area contributed by atoms with E-state index in [1.807, 2.05) is 0 Å². The topological polar surface area (TPSA) is 177 Å². The summed E-state index contributed by atoms with van der Waals surface area (Å²) in [7, 11) is 0. The van der Waals surface area contributed by atoms with Gasteiger partial charge in [-0.1, -0.05) is 27.7 Å². The van der Waals surface area contributed by atoms with E-state index in [0.29, 0.717) is 41.4 Å². The second kappa shape index (κ2) is 13.4. The minimum atomic E-state index is -1.58. The van der Waals surface area contributed by atoms with Crippen molar-refractivity contribution in [3.63, 3.8) is 0 Å². The molecule has 50 heavy (non-hydrogen) atoms. The summed E-state index contributed by atoms with van der Waals surface area (Å²) in [6.07, 6.45) is -1.27. The monoisotopic (exact) mass is 710 g/mol. The molecule has 0 bridgehead atoms. The van der Waals surface area contributed by atoms with Crippen LogP contribution in [0.15, 0.2) is 0 Å². The van der Waals surface area contributed by atoms with Gasteiger partial charge in [-0.2, -0.15) is 0 Å². The van der Waals surface area contributed by atoms with Gasteiger partial charge >= 0.3 is 0 Å². The summed E-state index contributed by atoms with van der Waals surface area (Å²) >= 11 is 0. The van der Waals surface area contributed by atoms with Gasteiger partial charge in [0.25, 0.3) is 0 Å². The predicted octanol–water partition coefficient (Wildman–Crippen LogP) is 2.08. The van der Waals surface area contributed by atoms with Gasteiger partial charge < -0.3 is 59.1 Å². The molecule has 4 aliphatic carbocycles. The largest absolute Gasteiger partial charge is 0.394 e. The second-order valence-electron chi connectivity index (χ2n) is 18.3. The van der Waals surface area contributed by atoms with E-state index in [2.05, 4.69) is 27.7 Å². The molecule has 8 aliphatic rings. The van der Waals surface area contributed by atoms with E-state index in [1.165, 1.54) is 25.7 Å². The number of hydrogen-bond acceptors (Lipinski definition) is 12. The van der Waals surface area contributed by atoms with Crippen LogP contribution in [-0.2, 0) is 28.4 Å². The Balaban J connectivity index is 0.939. The number of ether oxygens (including phenoxy) is 6. The lowest BCUT2D eigenvalue weighted by molar-refractivity contribution is -0.364. The van der Waals surface area contributed by atoms with Gasteiger partial charge in [-0.25, -0.2) is 0 Å². The average molecular weight is 711 g/mol. The lowest BCUT2D eigenvalue weighted by Gasteiger charge is -2.61. The van der Waals surface area contributed by atoms with E-state index in [-0.39, 0.29) is 35.4 Å². The Morgan fingerprint density at radius 3 is 2.26 bits per heavy atom. The molecule has 4 heterocycles. The van der Waals surface area contributed by atoms with Gasteiger partial charge in [0.1, 0.15) is 42.7 Å². The molecule has 0 aromatic rings. The Hall–Kier alpha value is -0.480. The molecule has 21 atom stereocenters. The summed E-state index contributed by atoms with van der Waals surface area (Å²) in [5, 5.41) is 62.2. The quantitative estimate of drug-likeness (QED) is 0.230. The zero-order valence-electron chi connectivity index (χ0n) is 30.2. The summed E-state index contributed by atoms with van der Waals surface area (Å²) in [5.74, 6) is 3.65. The minimum Gasteiger partial charge on any atom is -0.394 e. The van der Waals surface area contributed by atoms with Crippen LogP contribution >= 0.6 is 0 Å². The number of rotatable bonds is 5. The number of fused-ring (bicyclic) bond motifs is 7. The third kappa shape index (κ3) is 5.68. The highest BCUT2D eigenvalue weighted by molar-refractivity contribution is 5.15. The van der Waals surface area contributed by atoms with Crippen LogP contribution in [0, 0.1) is 52.3 Å². The predicted molar refractivity (Wildman–Crippen MR) is 177 cm³/mol. The molecule has 4 saturated carbocycles. The van der Waals surface area contributed by atoms with Crippen molar-refractivity contribution in [2.75, 3.05) is 19.8 Å². The zero-order valence-corrected chi connectivity index (χ0v) is 30.2. The standard InChI is InChI=1S/C38H62O12/c1-18-7-12-38(46-16-18)19(2)28-26(50-38)14-24-22-6-5-20-13-21(8-10-36(20,3)23(22)9-11-37(24,28)4)47-35-33(31(43)30(42)27(15-39)48-35)49-34-32(44)29(41)25(40)17-45-34/h18-35,39-44H,5-17H2,1-4H3/t18-,19-,20+,21-,22+,23-,24-,25+,26-,27+,28-,29-,30-,31-,32+,33+,34-,35+,36-,37-,38+/m0/s1. The summed E-state index contributed by atoms with van der Waals surface area (Å²) in [5.41, 5.74) is 0.470. The molecule has 8 rings (SSSR count). The van der Waals surface area contributed by atoms with Crippen molar-refractivity contribution in [2.24, 2.45) is 52.3 Å². The summed E-state index contributed by atoms with van der Waals surface area (Å²) in [4.78, 5) is 0.